The zero-order chi connectivity index (χ0) is 13.7. The van der Waals surface area contributed by atoms with Crippen LogP contribution in [0.5, 0.6) is 0 Å². The molecule has 0 fully saturated rings. The lowest BCUT2D eigenvalue weighted by Gasteiger charge is -2.03. The number of aryl methyl sites for hydroxylation is 2. The predicted octanol–water partition coefficient (Wildman–Crippen LogP) is 3.27. The molecule has 2 aromatic heterocycles. The van der Waals surface area contributed by atoms with E-state index >= 15 is 0 Å². The van der Waals surface area contributed by atoms with Crippen molar-refractivity contribution >= 4 is 44.3 Å². The van der Waals surface area contributed by atoms with Crippen molar-refractivity contribution in [3.8, 4) is 0 Å². The molecule has 100 valence electrons. The van der Waals surface area contributed by atoms with Gasteiger partial charge in [-0.05, 0) is 47.6 Å². The van der Waals surface area contributed by atoms with E-state index in [0.717, 1.165) is 38.5 Å². The van der Waals surface area contributed by atoms with Gasteiger partial charge in [-0.2, -0.15) is 0 Å². The molecule has 1 N–H and O–H groups in total. The molecule has 6 heteroatoms. The number of nitrogens with one attached hydrogen (secondary N) is 1. The molecule has 1 aromatic carbocycles. The lowest BCUT2D eigenvalue weighted by atomic mass is 10.2. The molecular weight excluding hydrogens is 328 g/mol. The third kappa shape index (κ3) is 1.72. The van der Waals surface area contributed by atoms with Crippen LogP contribution in [0.3, 0.4) is 0 Å². The summed E-state index contributed by atoms with van der Waals surface area (Å²) >= 11 is 9.84. The van der Waals surface area contributed by atoms with Gasteiger partial charge >= 0.3 is 0 Å². The number of halogens is 2. The first-order valence-electron chi connectivity index (χ1n) is 6.01. The monoisotopic (exact) mass is 340 g/mol. The number of hydrogen-bond donors (Lipinski definition) is 1. The summed E-state index contributed by atoms with van der Waals surface area (Å²) in [6.07, 6.45) is 0. The van der Waals surface area contributed by atoms with Crippen molar-refractivity contribution < 1.29 is 0 Å². The minimum absolute atomic E-state index is 0.752. The summed E-state index contributed by atoms with van der Waals surface area (Å²) < 4.78 is 5.24. The van der Waals surface area contributed by atoms with Crippen LogP contribution in [0.25, 0.3) is 16.8 Å². The summed E-state index contributed by atoms with van der Waals surface area (Å²) in [6, 6.07) is 3.93. The Labute approximate surface area is 124 Å². The van der Waals surface area contributed by atoms with E-state index in [1.165, 1.54) is 5.69 Å². The molecule has 0 aliphatic carbocycles. The van der Waals surface area contributed by atoms with E-state index in [1.54, 1.807) is 0 Å². The molecule has 3 rings (SSSR count). The van der Waals surface area contributed by atoms with E-state index in [2.05, 4.69) is 30.2 Å². The summed E-state index contributed by atoms with van der Waals surface area (Å²) in [6.45, 7) is 2.79. The van der Waals surface area contributed by atoms with Crippen molar-refractivity contribution in [1.29, 1.82) is 0 Å². The van der Waals surface area contributed by atoms with E-state index in [1.807, 2.05) is 33.2 Å². The smallest absolute Gasteiger partial charge is 0.215 e. The molecule has 0 radical (unpaired) electrons. The molecule has 0 saturated heterocycles. The minimum Gasteiger partial charge on any atom is -0.315 e. The van der Waals surface area contributed by atoms with Crippen LogP contribution in [0.4, 0.5) is 0 Å². The van der Waals surface area contributed by atoms with Gasteiger partial charge in [0, 0.05) is 18.6 Å². The summed E-state index contributed by atoms with van der Waals surface area (Å²) in [5.74, 6) is 0.914. The molecular formula is C13H14BrClN4. The van der Waals surface area contributed by atoms with E-state index in [0.29, 0.717) is 0 Å². The zero-order valence-electron chi connectivity index (χ0n) is 11.0. The first-order chi connectivity index (χ1) is 9.06. The molecule has 0 bridgehead atoms. The molecule has 0 atom stereocenters. The average molecular weight is 342 g/mol. The summed E-state index contributed by atoms with van der Waals surface area (Å²) in [5.41, 5.74) is 4.21. The maximum atomic E-state index is 6.17. The number of nitrogens with zero attached hydrogens (tertiary/aromatic N) is 3. The van der Waals surface area contributed by atoms with Crippen LogP contribution in [0.2, 0.25) is 5.02 Å². The maximum Gasteiger partial charge on any atom is 0.215 e. The van der Waals surface area contributed by atoms with Gasteiger partial charge in [0.2, 0.25) is 5.78 Å². The number of hydrogen-bond acceptors (Lipinski definition) is 2. The minimum atomic E-state index is 0.752. The highest BCUT2D eigenvalue weighted by atomic mass is 79.9. The second-order valence-electron chi connectivity index (χ2n) is 4.61. The second-order valence-corrected chi connectivity index (χ2v) is 5.77. The van der Waals surface area contributed by atoms with Crippen molar-refractivity contribution in [2.45, 2.75) is 13.5 Å². The molecule has 19 heavy (non-hydrogen) atoms. The summed E-state index contributed by atoms with van der Waals surface area (Å²) in [4.78, 5) is 4.72. The normalized spacial score (nSPS) is 11.8. The fourth-order valence-corrected chi connectivity index (χ4v) is 3.31. The van der Waals surface area contributed by atoms with Crippen LogP contribution >= 0.6 is 27.5 Å². The second kappa shape index (κ2) is 4.51. The molecule has 0 spiro atoms. The van der Waals surface area contributed by atoms with E-state index in [-0.39, 0.29) is 0 Å². The number of fused-ring (bicyclic) bond motifs is 3. The van der Waals surface area contributed by atoms with Gasteiger partial charge in [-0.15, -0.1) is 0 Å². The Morgan fingerprint density at radius 1 is 1.42 bits per heavy atom. The highest BCUT2D eigenvalue weighted by Crippen LogP contribution is 2.30. The van der Waals surface area contributed by atoms with Crippen LogP contribution in [0.15, 0.2) is 16.7 Å². The molecule has 0 saturated carbocycles. The standard InChI is InChI=1S/C13H14BrClN4/c1-7-8(15)4-5-9-11(7)17-13-18(3)10(6-16-2)12(14)19(9)13/h4-5,16H,6H2,1-3H3. The molecule has 3 aromatic rings. The van der Waals surface area contributed by atoms with Crippen LogP contribution < -0.4 is 5.32 Å². The molecule has 0 aliphatic heterocycles. The van der Waals surface area contributed by atoms with Crippen LogP contribution in [-0.2, 0) is 13.6 Å². The molecule has 0 amide bonds. The Kier molecular flexibility index (Phi) is 3.08. The third-order valence-corrected chi connectivity index (χ3v) is 4.70. The average Bonchev–Trinajstić information content (AvgIpc) is 2.87. The van der Waals surface area contributed by atoms with Crippen LogP contribution in [-0.4, -0.2) is 21.0 Å². The van der Waals surface area contributed by atoms with Crippen LogP contribution in [0.1, 0.15) is 11.3 Å². The maximum absolute atomic E-state index is 6.17. The van der Waals surface area contributed by atoms with E-state index in [4.69, 9.17) is 16.6 Å². The topological polar surface area (TPSA) is 34.3 Å². The lowest BCUT2D eigenvalue weighted by Crippen LogP contribution is -2.09. The first-order valence-corrected chi connectivity index (χ1v) is 7.18. The quantitative estimate of drug-likeness (QED) is 0.776. The fourth-order valence-electron chi connectivity index (χ4n) is 2.41. The number of rotatable bonds is 2. The van der Waals surface area contributed by atoms with Crippen molar-refractivity contribution in [3.05, 3.63) is 33.0 Å². The van der Waals surface area contributed by atoms with Gasteiger partial charge in [0.05, 0.1) is 16.7 Å². The molecule has 0 aliphatic rings. The summed E-state index contributed by atoms with van der Waals surface area (Å²) in [5, 5.41) is 3.92. The van der Waals surface area contributed by atoms with Gasteiger partial charge in [-0.25, -0.2) is 4.98 Å². The largest absolute Gasteiger partial charge is 0.315 e. The van der Waals surface area contributed by atoms with Gasteiger partial charge in [-0.1, -0.05) is 11.6 Å². The van der Waals surface area contributed by atoms with Crippen molar-refractivity contribution in [2.75, 3.05) is 7.05 Å². The molecule has 2 heterocycles. The lowest BCUT2D eigenvalue weighted by molar-refractivity contribution is 0.738. The molecule has 4 nitrogen and oxygen atoms in total. The van der Waals surface area contributed by atoms with Gasteiger partial charge in [0.25, 0.3) is 0 Å². The van der Waals surface area contributed by atoms with Crippen LogP contribution in [0, 0.1) is 6.92 Å². The summed E-state index contributed by atoms with van der Waals surface area (Å²) in [7, 11) is 3.96. The van der Waals surface area contributed by atoms with Gasteiger partial charge in [-0.3, -0.25) is 4.40 Å². The SMILES string of the molecule is CNCc1c(Br)n2c3ccc(Cl)c(C)c3nc2n1C. The Hall–Kier alpha value is -1.04. The van der Waals surface area contributed by atoms with Gasteiger partial charge in [0.15, 0.2) is 0 Å². The van der Waals surface area contributed by atoms with Crippen molar-refractivity contribution in [2.24, 2.45) is 7.05 Å². The number of benzene rings is 1. The highest BCUT2D eigenvalue weighted by Gasteiger charge is 2.18. The predicted molar refractivity (Wildman–Crippen MR) is 81.9 cm³/mol. The third-order valence-electron chi connectivity index (χ3n) is 3.48. The van der Waals surface area contributed by atoms with Crippen molar-refractivity contribution in [1.82, 2.24) is 19.3 Å². The number of aromatic nitrogens is 3. The van der Waals surface area contributed by atoms with E-state index < -0.39 is 0 Å². The Morgan fingerprint density at radius 2 is 2.16 bits per heavy atom. The number of imidazole rings is 2. The highest BCUT2D eigenvalue weighted by molar-refractivity contribution is 9.10. The Bertz CT molecular complexity index is 787. The van der Waals surface area contributed by atoms with Gasteiger partial charge < -0.3 is 9.88 Å². The first kappa shape index (κ1) is 13.0. The molecule has 0 unspecified atom stereocenters. The van der Waals surface area contributed by atoms with E-state index in [9.17, 15) is 0 Å². The fraction of sp³-hybridized carbons (Fsp3) is 0.308. The Morgan fingerprint density at radius 3 is 2.84 bits per heavy atom. The van der Waals surface area contributed by atoms with Crippen molar-refractivity contribution in [3.63, 3.8) is 0 Å². The Balaban J connectivity index is 2.45. The zero-order valence-corrected chi connectivity index (χ0v) is 13.3. The van der Waals surface area contributed by atoms with Gasteiger partial charge in [0.1, 0.15) is 4.60 Å².